The second-order valence-corrected chi connectivity index (χ2v) is 12.2. The third-order valence-corrected chi connectivity index (χ3v) is 9.60. The number of phenols is 3. The molecule has 0 radical (unpaired) electrons. The summed E-state index contributed by atoms with van der Waals surface area (Å²) < 4.78 is 0. The summed E-state index contributed by atoms with van der Waals surface area (Å²) in [5.41, 5.74) is 8.54. The van der Waals surface area contributed by atoms with Gasteiger partial charge < -0.3 is 15.3 Å². The second kappa shape index (κ2) is 24.2. The maximum absolute atomic E-state index is 11.0. The Hall–Kier alpha value is -5.28. The molecule has 0 heterocycles. The Balaban J connectivity index is 0.000000970. The molecule has 0 amide bonds. The molecule has 6 aromatic carbocycles. The molecule has 1 atom stereocenters. The average molecular weight is 739 g/mol. The Labute approximate surface area is 333 Å². The molecule has 3 N–H and O–H groups in total. The van der Waals surface area contributed by atoms with Crippen LogP contribution in [0.1, 0.15) is 118 Å². The van der Waals surface area contributed by atoms with Gasteiger partial charge in [-0.2, -0.15) is 0 Å². The number of rotatable bonds is 6. The first-order chi connectivity index (χ1) is 27.0. The lowest BCUT2D eigenvalue weighted by atomic mass is 9.60. The van der Waals surface area contributed by atoms with Crippen LogP contribution in [0.25, 0.3) is 33.4 Å². The van der Waals surface area contributed by atoms with Crippen molar-refractivity contribution in [1.29, 1.82) is 0 Å². The second-order valence-electron chi connectivity index (χ2n) is 12.2. The molecule has 6 aromatic rings. The van der Waals surface area contributed by atoms with Gasteiger partial charge in [-0.1, -0.05) is 185 Å². The van der Waals surface area contributed by atoms with Crippen LogP contribution in [0.4, 0.5) is 0 Å². The first kappa shape index (κ1) is 45.9. The fraction of sp³-hybridized carbons (Fsp3) is 0.308. The van der Waals surface area contributed by atoms with Crippen molar-refractivity contribution in [1.82, 2.24) is 0 Å². The van der Waals surface area contributed by atoms with Gasteiger partial charge in [0.2, 0.25) is 0 Å². The predicted octanol–water partition coefficient (Wildman–Crippen LogP) is 15.6. The van der Waals surface area contributed by atoms with Crippen LogP contribution in [0.15, 0.2) is 146 Å². The number of hydrogen-bond acceptors (Lipinski definition) is 3. The van der Waals surface area contributed by atoms with Crippen molar-refractivity contribution in [3.8, 4) is 50.6 Å². The molecule has 0 saturated heterocycles. The lowest BCUT2D eigenvalue weighted by Crippen LogP contribution is -2.33. The van der Waals surface area contributed by atoms with Crippen LogP contribution < -0.4 is 0 Å². The van der Waals surface area contributed by atoms with Crippen molar-refractivity contribution in [2.24, 2.45) is 0 Å². The van der Waals surface area contributed by atoms with Crippen LogP contribution in [0.3, 0.4) is 0 Å². The Morgan fingerprint density at radius 2 is 0.764 bits per heavy atom. The quantitative estimate of drug-likeness (QED) is 0.159. The normalized spacial score (nSPS) is 13.5. The standard InChI is InChI=1S/C42H36O3.5C2H6/c43-39-21-18-32(25-36(39)29-11-4-1-5-12-29)33-17-10-24-42(28-33,34-19-22-40(44)37(26-34)30-13-6-2-7-14-30)35-20-23-41(45)38(27-35)31-15-8-3-9-16-31;5*1-2/h1-9,11-16,18-23,25-27,33,43-45H,10,17,24,28H2;5*1-2H3. The van der Waals surface area contributed by atoms with E-state index in [1.54, 1.807) is 0 Å². The maximum atomic E-state index is 11.0. The summed E-state index contributed by atoms with van der Waals surface area (Å²) in [6, 6.07) is 48.3. The maximum Gasteiger partial charge on any atom is 0.123 e. The molecule has 1 aliphatic rings. The summed E-state index contributed by atoms with van der Waals surface area (Å²) in [7, 11) is 0. The van der Waals surface area contributed by atoms with Gasteiger partial charge in [-0.15, -0.1) is 0 Å². The minimum absolute atomic E-state index is 0.241. The summed E-state index contributed by atoms with van der Waals surface area (Å²) in [5.74, 6) is 1.04. The minimum Gasteiger partial charge on any atom is -0.507 e. The summed E-state index contributed by atoms with van der Waals surface area (Å²) >= 11 is 0. The molecule has 3 nitrogen and oxygen atoms in total. The molecule has 3 heteroatoms. The molecular weight excluding hydrogens is 673 g/mol. The lowest BCUT2D eigenvalue weighted by molar-refractivity contribution is 0.310. The largest absolute Gasteiger partial charge is 0.507 e. The van der Waals surface area contributed by atoms with Gasteiger partial charge in [0.1, 0.15) is 17.2 Å². The Morgan fingerprint density at radius 1 is 0.418 bits per heavy atom. The number of phenolic OH excluding ortho intramolecular Hbond substituents is 3. The Kier molecular flexibility index (Phi) is 20.2. The highest BCUT2D eigenvalue weighted by atomic mass is 16.3. The predicted molar refractivity (Wildman–Crippen MR) is 239 cm³/mol. The first-order valence-corrected chi connectivity index (χ1v) is 20.7. The zero-order chi connectivity index (χ0) is 40.8. The fourth-order valence-electron chi connectivity index (χ4n) is 7.27. The van der Waals surface area contributed by atoms with Crippen LogP contribution in [0.2, 0.25) is 0 Å². The van der Waals surface area contributed by atoms with Gasteiger partial charge in [-0.3, -0.25) is 0 Å². The van der Waals surface area contributed by atoms with Crippen LogP contribution in [0, 0.1) is 0 Å². The third kappa shape index (κ3) is 11.1. The highest BCUT2D eigenvalue weighted by Crippen LogP contribution is 2.52. The van der Waals surface area contributed by atoms with E-state index in [4.69, 9.17) is 0 Å². The van der Waals surface area contributed by atoms with Gasteiger partial charge in [-0.25, -0.2) is 0 Å². The third-order valence-electron chi connectivity index (χ3n) is 9.60. The summed E-state index contributed by atoms with van der Waals surface area (Å²) in [6.07, 6.45) is 3.83. The van der Waals surface area contributed by atoms with E-state index in [0.29, 0.717) is 0 Å². The lowest BCUT2D eigenvalue weighted by Gasteiger charge is -2.43. The molecule has 7 rings (SSSR count). The molecule has 1 fully saturated rings. The molecule has 0 aliphatic heterocycles. The Morgan fingerprint density at radius 3 is 1.15 bits per heavy atom. The zero-order valence-corrected chi connectivity index (χ0v) is 35.1. The molecule has 55 heavy (non-hydrogen) atoms. The van der Waals surface area contributed by atoms with Crippen molar-refractivity contribution in [3.63, 3.8) is 0 Å². The highest BCUT2D eigenvalue weighted by Gasteiger charge is 2.41. The fourth-order valence-corrected chi connectivity index (χ4v) is 7.27. The van der Waals surface area contributed by atoms with E-state index < -0.39 is 0 Å². The topological polar surface area (TPSA) is 60.7 Å². The molecule has 1 saturated carbocycles. The van der Waals surface area contributed by atoms with E-state index >= 15 is 0 Å². The zero-order valence-electron chi connectivity index (χ0n) is 35.1. The van der Waals surface area contributed by atoms with E-state index in [9.17, 15) is 15.3 Å². The van der Waals surface area contributed by atoms with E-state index in [0.717, 1.165) is 70.2 Å². The first-order valence-electron chi connectivity index (χ1n) is 20.7. The van der Waals surface area contributed by atoms with E-state index in [-0.39, 0.29) is 28.6 Å². The van der Waals surface area contributed by atoms with Crippen LogP contribution in [-0.2, 0) is 5.41 Å². The van der Waals surface area contributed by atoms with Gasteiger partial charge in [0.25, 0.3) is 0 Å². The molecule has 0 aromatic heterocycles. The summed E-state index contributed by atoms with van der Waals surface area (Å²) in [5, 5.41) is 32.8. The van der Waals surface area contributed by atoms with Crippen molar-refractivity contribution >= 4 is 0 Å². The smallest absolute Gasteiger partial charge is 0.123 e. The SMILES string of the molecule is CC.CC.CC.CC.CC.Oc1ccc(C2CCCC(c3ccc(O)c(-c4ccccc4)c3)(c3ccc(O)c(-c4ccccc4)c3)C2)cc1-c1ccccc1. The number of aromatic hydroxyl groups is 3. The van der Waals surface area contributed by atoms with Crippen LogP contribution >= 0.6 is 0 Å². The van der Waals surface area contributed by atoms with E-state index in [1.807, 2.05) is 178 Å². The van der Waals surface area contributed by atoms with Crippen molar-refractivity contribution < 1.29 is 15.3 Å². The molecule has 0 spiro atoms. The van der Waals surface area contributed by atoms with Gasteiger partial charge in [0.15, 0.2) is 0 Å². The minimum atomic E-state index is -0.373. The highest BCUT2D eigenvalue weighted by molar-refractivity contribution is 5.74. The summed E-state index contributed by atoms with van der Waals surface area (Å²) in [6.45, 7) is 20.0. The van der Waals surface area contributed by atoms with Gasteiger partial charge in [0, 0.05) is 22.1 Å². The number of benzene rings is 6. The van der Waals surface area contributed by atoms with E-state index in [2.05, 4.69) is 36.4 Å². The molecule has 1 unspecified atom stereocenters. The van der Waals surface area contributed by atoms with Crippen LogP contribution in [-0.4, -0.2) is 15.3 Å². The molecule has 0 bridgehead atoms. The average Bonchev–Trinajstić information content (AvgIpc) is 3.28. The monoisotopic (exact) mass is 739 g/mol. The molecular formula is C52H66O3. The van der Waals surface area contributed by atoms with Crippen molar-refractivity contribution in [2.45, 2.75) is 106 Å². The van der Waals surface area contributed by atoms with Gasteiger partial charge in [0.05, 0.1) is 0 Å². The molecule has 292 valence electrons. The van der Waals surface area contributed by atoms with E-state index in [1.165, 1.54) is 5.56 Å². The van der Waals surface area contributed by atoms with Gasteiger partial charge in [-0.05, 0) is 95.0 Å². The van der Waals surface area contributed by atoms with Crippen LogP contribution in [0.5, 0.6) is 17.2 Å². The van der Waals surface area contributed by atoms with Crippen molar-refractivity contribution in [2.75, 3.05) is 0 Å². The Bertz CT molecular complexity index is 1840. The summed E-state index contributed by atoms with van der Waals surface area (Å²) in [4.78, 5) is 0. The molecule has 1 aliphatic carbocycles. The van der Waals surface area contributed by atoms with Gasteiger partial charge >= 0.3 is 0 Å². The number of hydrogen-bond donors (Lipinski definition) is 3. The van der Waals surface area contributed by atoms with Crippen molar-refractivity contribution in [3.05, 3.63) is 162 Å².